The number of nitrogens with zero attached hydrogens (tertiary/aromatic N) is 1. The van der Waals surface area contributed by atoms with E-state index in [0.717, 1.165) is 30.6 Å². The van der Waals surface area contributed by atoms with Crippen molar-refractivity contribution in [2.75, 3.05) is 13.1 Å². The van der Waals surface area contributed by atoms with E-state index in [4.69, 9.17) is 11.6 Å². The number of rotatable bonds is 1. The molecule has 0 saturated carbocycles. The summed E-state index contributed by atoms with van der Waals surface area (Å²) in [6.07, 6.45) is 1.05. The minimum absolute atomic E-state index is 0.103. The van der Waals surface area contributed by atoms with Crippen molar-refractivity contribution in [3.63, 3.8) is 0 Å². The maximum absolute atomic E-state index is 12.4. The molecule has 0 spiro atoms. The van der Waals surface area contributed by atoms with Gasteiger partial charge in [-0.2, -0.15) is 0 Å². The van der Waals surface area contributed by atoms with Gasteiger partial charge in [0.1, 0.15) is 0 Å². The van der Waals surface area contributed by atoms with Gasteiger partial charge in [-0.3, -0.25) is 4.79 Å². The summed E-state index contributed by atoms with van der Waals surface area (Å²) in [5, 5.41) is 0.706. The van der Waals surface area contributed by atoms with E-state index in [2.05, 4.69) is 22.9 Å². The zero-order valence-corrected chi connectivity index (χ0v) is 13.0. The van der Waals surface area contributed by atoms with Crippen LogP contribution in [0.15, 0.2) is 18.2 Å². The van der Waals surface area contributed by atoms with Gasteiger partial charge in [-0.05, 0) is 43.0 Å². The number of benzene rings is 1. The van der Waals surface area contributed by atoms with E-state index in [9.17, 15) is 4.79 Å². The molecule has 18 heavy (non-hydrogen) atoms. The van der Waals surface area contributed by atoms with E-state index in [1.165, 1.54) is 0 Å². The average molecular weight is 331 g/mol. The normalized spacial score (nSPS) is 24.1. The van der Waals surface area contributed by atoms with Crippen LogP contribution in [-0.2, 0) is 0 Å². The molecule has 4 heteroatoms. The molecule has 2 unspecified atom stereocenters. The van der Waals surface area contributed by atoms with E-state index in [1.807, 2.05) is 17.9 Å². The van der Waals surface area contributed by atoms with Crippen molar-refractivity contribution in [1.82, 2.24) is 4.90 Å². The maximum atomic E-state index is 12.4. The molecule has 98 valence electrons. The maximum Gasteiger partial charge on any atom is 0.253 e. The Kier molecular flexibility index (Phi) is 4.33. The van der Waals surface area contributed by atoms with Crippen LogP contribution in [0.25, 0.3) is 0 Å². The molecular weight excluding hydrogens is 314 g/mol. The summed E-state index contributed by atoms with van der Waals surface area (Å²) in [7, 11) is 0. The third-order valence-electron chi connectivity index (χ3n) is 3.56. The zero-order valence-electron chi connectivity index (χ0n) is 10.6. The summed E-state index contributed by atoms with van der Waals surface area (Å²) in [6, 6.07) is 5.47. The first kappa shape index (κ1) is 13.9. The highest BCUT2D eigenvalue weighted by molar-refractivity contribution is 9.09. The van der Waals surface area contributed by atoms with Crippen LogP contribution in [0.4, 0.5) is 0 Å². The Balaban J connectivity index is 2.14. The van der Waals surface area contributed by atoms with Crippen LogP contribution in [0, 0.1) is 12.8 Å². The van der Waals surface area contributed by atoms with E-state index in [1.54, 1.807) is 12.1 Å². The van der Waals surface area contributed by atoms with Gasteiger partial charge in [0.05, 0.1) is 0 Å². The Hall–Kier alpha value is -0.540. The standard InChI is InChI=1S/C14H17BrClNO/c1-9-5-6-17(8-12(9)15)14(18)11-3-4-13(16)10(2)7-11/h3-4,7,9,12H,5-6,8H2,1-2H3. The number of amides is 1. The zero-order chi connectivity index (χ0) is 13.3. The number of halogens is 2. The summed E-state index contributed by atoms with van der Waals surface area (Å²) in [5.41, 5.74) is 1.68. The van der Waals surface area contributed by atoms with Crippen molar-refractivity contribution >= 4 is 33.4 Å². The van der Waals surface area contributed by atoms with Crippen LogP contribution in [0.5, 0.6) is 0 Å². The largest absolute Gasteiger partial charge is 0.338 e. The van der Waals surface area contributed by atoms with Gasteiger partial charge in [-0.1, -0.05) is 34.5 Å². The third kappa shape index (κ3) is 2.89. The van der Waals surface area contributed by atoms with E-state index >= 15 is 0 Å². The van der Waals surface area contributed by atoms with Crippen molar-refractivity contribution in [3.8, 4) is 0 Å². The number of alkyl halides is 1. The molecule has 2 nitrogen and oxygen atoms in total. The molecule has 1 heterocycles. The number of hydrogen-bond acceptors (Lipinski definition) is 1. The lowest BCUT2D eigenvalue weighted by Crippen LogP contribution is -2.43. The molecule has 1 amide bonds. The topological polar surface area (TPSA) is 20.3 Å². The smallest absolute Gasteiger partial charge is 0.253 e. The molecule has 1 aliphatic heterocycles. The van der Waals surface area contributed by atoms with Gasteiger partial charge in [-0.15, -0.1) is 0 Å². The van der Waals surface area contributed by atoms with E-state index in [0.29, 0.717) is 15.8 Å². The summed E-state index contributed by atoms with van der Waals surface area (Å²) in [6.45, 7) is 5.75. The molecule has 0 aliphatic carbocycles. The van der Waals surface area contributed by atoms with Crippen LogP contribution >= 0.6 is 27.5 Å². The molecule has 1 saturated heterocycles. The van der Waals surface area contributed by atoms with Crippen molar-refractivity contribution < 1.29 is 4.79 Å². The van der Waals surface area contributed by atoms with Gasteiger partial charge in [0.25, 0.3) is 5.91 Å². The fourth-order valence-corrected chi connectivity index (χ4v) is 2.90. The highest BCUT2D eigenvalue weighted by Gasteiger charge is 2.27. The van der Waals surface area contributed by atoms with Gasteiger partial charge >= 0.3 is 0 Å². The Morgan fingerprint density at radius 2 is 2.22 bits per heavy atom. The predicted molar refractivity (Wildman–Crippen MR) is 78.6 cm³/mol. The average Bonchev–Trinajstić information content (AvgIpc) is 2.35. The molecule has 2 rings (SSSR count). The number of aryl methyl sites for hydroxylation is 1. The number of likely N-dealkylation sites (tertiary alicyclic amines) is 1. The van der Waals surface area contributed by atoms with Gasteiger partial charge in [0, 0.05) is 28.5 Å². The number of piperidine rings is 1. The van der Waals surface area contributed by atoms with Crippen LogP contribution in [0.2, 0.25) is 5.02 Å². The lowest BCUT2D eigenvalue weighted by molar-refractivity contribution is 0.0706. The minimum Gasteiger partial charge on any atom is -0.338 e. The van der Waals surface area contributed by atoms with Crippen molar-refractivity contribution in [2.45, 2.75) is 25.1 Å². The van der Waals surface area contributed by atoms with Crippen LogP contribution in [0.3, 0.4) is 0 Å². The lowest BCUT2D eigenvalue weighted by Gasteiger charge is -2.34. The number of carbonyl (C=O) groups excluding carboxylic acids is 1. The SMILES string of the molecule is Cc1cc(C(=O)N2CCC(C)C(Br)C2)ccc1Cl. The highest BCUT2D eigenvalue weighted by atomic mass is 79.9. The van der Waals surface area contributed by atoms with Crippen LogP contribution in [-0.4, -0.2) is 28.7 Å². The monoisotopic (exact) mass is 329 g/mol. The van der Waals surface area contributed by atoms with E-state index in [-0.39, 0.29) is 5.91 Å². The molecule has 1 aliphatic rings. The first-order valence-electron chi connectivity index (χ1n) is 6.18. The molecule has 1 fully saturated rings. The van der Waals surface area contributed by atoms with Gasteiger partial charge < -0.3 is 4.90 Å². The summed E-state index contributed by atoms with van der Waals surface area (Å²) >= 11 is 9.63. The molecular formula is C14H17BrClNO. The van der Waals surface area contributed by atoms with E-state index < -0.39 is 0 Å². The Morgan fingerprint density at radius 3 is 2.83 bits per heavy atom. The first-order chi connectivity index (χ1) is 8.49. The second-order valence-electron chi connectivity index (χ2n) is 5.00. The molecule has 0 aromatic heterocycles. The summed E-state index contributed by atoms with van der Waals surface area (Å²) in [5.74, 6) is 0.729. The highest BCUT2D eigenvalue weighted by Crippen LogP contribution is 2.25. The van der Waals surface area contributed by atoms with Crippen LogP contribution < -0.4 is 0 Å². The summed E-state index contributed by atoms with van der Waals surface area (Å²) < 4.78 is 0. The molecule has 0 radical (unpaired) electrons. The predicted octanol–water partition coefficient (Wildman–Crippen LogP) is 3.89. The minimum atomic E-state index is 0.103. The molecule has 2 atom stereocenters. The van der Waals surface area contributed by atoms with Crippen molar-refractivity contribution in [3.05, 3.63) is 34.3 Å². The first-order valence-corrected chi connectivity index (χ1v) is 7.48. The second-order valence-corrected chi connectivity index (χ2v) is 6.58. The third-order valence-corrected chi connectivity index (χ3v) is 5.17. The molecule has 1 aromatic rings. The lowest BCUT2D eigenvalue weighted by atomic mass is 9.98. The Labute approximate surface area is 121 Å². The Bertz CT molecular complexity index is 463. The van der Waals surface area contributed by atoms with Gasteiger partial charge in [0.2, 0.25) is 0 Å². The fourth-order valence-electron chi connectivity index (χ4n) is 2.17. The molecule has 0 bridgehead atoms. The van der Waals surface area contributed by atoms with Crippen molar-refractivity contribution in [1.29, 1.82) is 0 Å². The molecule has 0 N–H and O–H groups in total. The summed E-state index contributed by atoms with van der Waals surface area (Å²) in [4.78, 5) is 14.7. The quantitative estimate of drug-likeness (QED) is 0.715. The Morgan fingerprint density at radius 1 is 1.50 bits per heavy atom. The number of hydrogen-bond donors (Lipinski definition) is 0. The van der Waals surface area contributed by atoms with Crippen LogP contribution in [0.1, 0.15) is 29.3 Å². The molecule has 1 aromatic carbocycles. The fraction of sp³-hybridized carbons (Fsp3) is 0.500. The van der Waals surface area contributed by atoms with Gasteiger partial charge in [0.15, 0.2) is 0 Å². The van der Waals surface area contributed by atoms with Crippen molar-refractivity contribution in [2.24, 2.45) is 5.92 Å². The second kappa shape index (κ2) is 5.62. The number of carbonyl (C=O) groups is 1. The van der Waals surface area contributed by atoms with Gasteiger partial charge in [-0.25, -0.2) is 0 Å².